The molecule has 0 spiro atoms. The highest BCUT2D eigenvalue weighted by atomic mass is 16.6. The molecule has 4 atom stereocenters. The minimum atomic E-state index is -0.221. The summed E-state index contributed by atoms with van der Waals surface area (Å²) >= 11 is 0. The van der Waals surface area contributed by atoms with Crippen LogP contribution in [-0.2, 0) is 33.2 Å². The van der Waals surface area contributed by atoms with E-state index in [0.29, 0.717) is 52.2 Å². The van der Waals surface area contributed by atoms with Crippen LogP contribution in [0.1, 0.15) is 26.7 Å². The van der Waals surface area contributed by atoms with Crippen LogP contribution in [0.4, 0.5) is 0 Å². The van der Waals surface area contributed by atoms with Crippen molar-refractivity contribution >= 4 is 0 Å². The molecule has 4 unspecified atom stereocenters. The van der Waals surface area contributed by atoms with Gasteiger partial charge < -0.3 is 33.2 Å². The maximum atomic E-state index is 6.09. The lowest BCUT2D eigenvalue weighted by atomic mass is 9.87. The zero-order valence-electron chi connectivity index (χ0n) is 16.9. The second-order valence-electron chi connectivity index (χ2n) is 8.25. The molecular weight excluding hydrogens is 352 g/mol. The van der Waals surface area contributed by atoms with E-state index in [9.17, 15) is 0 Å². The molecule has 3 fully saturated rings. The molecule has 7 heteroatoms. The van der Waals surface area contributed by atoms with E-state index in [4.69, 9.17) is 33.2 Å². The Morgan fingerprint density at radius 3 is 1.78 bits per heavy atom. The highest BCUT2D eigenvalue weighted by molar-refractivity contribution is 4.81. The number of epoxide rings is 3. The Morgan fingerprint density at radius 2 is 1.30 bits per heavy atom. The standard InChI is InChI=1S/C20H36O7/c1-3-16(2)6-22-13-20(14-23-8-18-11-26-18,15-24-9-19-12-27-19)4-5-21-7-17-10-25-17/h16-19H,3-15H2,1-2H3. The molecule has 3 heterocycles. The lowest BCUT2D eigenvalue weighted by molar-refractivity contribution is -0.0898. The maximum Gasteiger partial charge on any atom is 0.104 e. The van der Waals surface area contributed by atoms with Crippen LogP contribution in [0, 0.1) is 11.3 Å². The van der Waals surface area contributed by atoms with Crippen LogP contribution in [0.2, 0.25) is 0 Å². The third kappa shape index (κ3) is 9.17. The van der Waals surface area contributed by atoms with Gasteiger partial charge in [-0.2, -0.15) is 0 Å². The molecule has 0 aromatic rings. The summed E-state index contributed by atoms with van der Waals surface area (Å²) in [4.78, 5) is 0. The Kier molecular flexibility index (Phi) is 8.77. The fourth-order valence-electron chi connectivity index (χ4n) is 2.75. The van der Waals surface area contributed by atoms with E-state index in [-0.39, 0.29) is 23.7 Å². The number of hydrogen-bond donors (Lipinski definition) is 0. The highest BCUT2D eigenvalue weighted by Crippen LogP contribution is 2.27. The van der Waals surface area contributed by atoms with Gasteiger partial charge in [0.05, 0.1) is 59.5 Å². The monoisotopic (exact) mass is 388 g/mol. The summed E-state index contributed by atoms with van der Waals surface area (Å²) in [5.41, 5.74) is -0.221. The first-order chi connectivity index (χ1) is 13.2. The molecule has 0 aromatic carbocycles. The fourth-order valence-corrected chi connectivity index (χ4v) is 2.75. The molecule has 0 aromatic heterocycles. The van der Waals surface area contributed by atoms with Crippen molar-refractivity contribution in [1.29, 1.82) is 0 Å². The van der Waals surface area contributed by atoms with E-state index < -0.39 is 0 Å². The van der Waals surface area contributed by atoms with Gasteiger partial charge in [-0.25, -0.2) is 0 Å². The minimum absolute atomic E-state index is 0.221. The van der Waals surface area contributed by atoms with E-state index in [2.05, 4.69) is 13.8 Å². The molecule has 0 saturated carbocycles. The summed E-state index contributed by atoms with van der Waals surface area (Å²) in [5.74, 6) is 0.549. The van der Waals surface area contributed by atoms with Gasteiger partial charge in [-0.05, 0) is 12.3 Å². The first-order valence-electron chi connectivity index (χ1n) is 10.3. The topological polar surface area (TPSA) is 74.5 Å². The molecule has 3 rings (SSSR count). The molecule has 0 bridgehead atoms. The minimum Gasteiger partial charge on any atom is -0.380 e. The van der Waals surface area contributed by atoms with E-state index in [1.807, 2.05) is 0 Å². The normalized spacial score (nSPS) is 29.3. The predicted octanol–water partition coefficient (Wildman–Crippen LogP) is 1.67. The van der Waals surface area contributed by atoms with Crippen LogP contribution in [0.15, 0.2) is 0 Å². The van der Waals surface area contributed by atoms with Gasteiger partial charge in [0.15, 0.2) is 0 Å². The van der Waals surface area contributed by atoms with Crippen molar-refractivity contribution < 1.29 is 33.2 Å². The van der Waals surface area contributed by atoms with E-state index in [1.165, 1.54) is 0 Å². The van der Waals surface area contributed by atoms with Crippen molar-refractivity contribution in [3.05, 3.63) is 0 Å². The summed E-state index contributed by atoms with van der Waals surface area (Å²) in [6.07, 6.45) is 2.74. The van der Waals surface area contributed by atoms with Gasteiger partial charge >= 0.3 is 0 Å². The smallest absolute Gasteiger partial charge is 0.104 e. The van der Waals surface area contributed by atoms with Crippen molar-refractivity contribution in [2.75, 3.05) is 72.7 Å². The first-order valence-corrected chi connectivity index (χ1v) is 10.3. The lowest BCUT2D eigenvalue weighted by Crippen LogP contribution is -2.40. The van der Waals surface area contributed by atoms with Gasteiger partial charge in [-0.15, -0.1) is 0 Å². The van der Waals surface area contributed by atoms with Crippen molar-refractivity contribution in [1.82, 2.24) is 0 Å². The van der Waals surface area contributed by atoms with Crippen LogP contribution in [0.3, 0.4) is 0 Å². The highest BCUT2D eigenvalue weighted by Gasteiger charge is 2.35. The predicted molar refractivity (Wildman–Crippen MR) is 99.0 cm³/mol. The van der Waals surface area contributed by atoms with Crippen molar-refractivity contribution in [2.45, 2.75) is 45.0 Å². The van der Waals surface area contributed by atoms with E-state index >= 15 is 0 Å². The second-order valence-corrected chi connectivity index (χ2v) is 8.25. The molecule has 0 N–H and O–H groups in total. The Balaban J connectivity index is 1.48. The molecule has 0 radical (unpaired) electrons. The quantitative estimate of drug-likeness (QED) is 0.261. The molecule has 7 nitrogen and oxygen atoms in total. The molecule has 158 valence electrons. The zero-order chi connectivity index (χ0) is 19.0. The Morgan fingerprint density at radius 1 is 0.815 bits per heavy atom. The Labute approximate surface area is 162 Å². The van der Waals surface area contributed by atoms with E-state index in [1.54, 1.807) is 0 Å². The molecule has 0 aliphatic carbocycles. The van der Waals surface area contributed by atoms with Crippen molar-refractivity contribution in [2.24, 2.45) is 11.3 Å². The average molecular weight is 389 g/mol. The number of rotatable bonds is 18. The van der Waals surface area contributed by atoms with Gasteiger partial charge in [0.25, 0.3) is 0 Å². The van der Waals surface area contributed by atoms with Gasteiger partial charge in [-0.3, -0.25) is 0 Å². The van der Waals surface area contributed by atoms with Crippen molar-refractivity contribution in [3.63, 3.8) is 0 Å². The first kappa shape index (κ1) is 21.4. The SMILES string of the molecule is CCC(C)COCC(CCOCC1CO1)(COCC1CO1)COCC1CO1. The van der Waals surface area contributed by atoms with Gasteiger partial charge in [0.2, 0.25) is 0 Å². The largest absolute Gasteiger partial charge is 0.380 e. The zero-order valence-corrected chi connectivity index (χ0v) is 16.9. The molecular formula is C20H36O7. The van der Waals surface area contributed by atoms with Crippen molar-refractivity contribution in [3.8, 4) is 0 Å². The second kappa shape index (κ2) is 11.0. The summed E-state index contributed by atoms with van der Waals surface area (Å²) in [5, 5.41) is 0. The maximum absolute atomic E-state index is 6.09. The molecule has 27 heavy (non-hydrogen) atoms. The molecule has 3 saturated heterocycles. The van der Waals surface area contributed by atoms with Crippen LogP contribution in [0.5, 0.6) is 0 Å². The lowest BCUT2D eigenvalue weighted by Gasteiger charge is -2.33. The van der Waals surface area contributed by atoms with Crippen LogP contribution in [-0.4, -0.2) is 91.0 Å². The van der Waals surface area contributed by atoms with Gasteiger partial charge in [-0.1, -0.05) is 20.3 Å². The molecule has 3 aliphatic rings. The number of ether oxygens (including phenoxy) is 7. The summed E-state index contributed by atoms with van der Waals surface area (Å²) < 4.78 is 39.6. The third-order valence-electron chi connectivity index (χ3n) is 5.22. The Hall–Kier alpha value is -0.280. The molecule has 3 aliphatic heterocycles. The summed E-state index contributed by atoms with van der Waals surface area (Å²) in [7, 11) is 0. The summed E-state index contributed by atoms with van der Waals surface area (Å²) in [6, 6.07) is 0. The van der Waals surface area contributed by atoms with Crippen LogP contribution >= 0.6 is 0 Å². The van der Waals surface area contributed by atoms with Crippen LogP contribution in [0.25, 0.3) is 0 Å². The number of hydrogen-bond acceptors (Lipinski definition) is 7. The van der Waals surface area contributed by atoms with E-state index in [0.717, 1.165) is 39.3 Å². The summed E-state index contributed by atoms with van der Waals surface area (Å²) in [6.45, 7) is 11.9. The average Bonchev–Trinajstić information content (AvgIpc) is 3.51. The van der Waals surface area contributed by atoms with Gasteiger partial charge in [0.1, 0.15) is 18.3 Å². The Bertz CT molecular complexity index is 389. The third-order valence-corrected chi connectivity index (χ3v) is 5.22. The van der Waals surface area contributed by atoms with Gasteiger partial charge in [0, 0.05) is 18.6 Å². The fraction of sp³-hybridized carbons (Fsp3) is 1.00. The van der Waals surface area contributed by atoms with Crippen LogP contribution < -0.4 is 0 Å². The molecule has 0 amide bonds.